The Kier molecular flexibility index (Phi) is 7.85. The average Bonchev–Trinajstić information content (AvgIpc) is 2.84. The van der Waals surface area contributed by atoms with E-state index in [9.17, 15) is 4.79 Å². The molecule has 0 aliphatic heterocycles. The highest BCUT2D eigenvalue weighted by Gasteiger charge is 2.29. The maximum absolute atomic E-state index is 12.7. The van der Waals surface area contributed by atoms with Crippen molar-refractivity contribution in [1.82, 2.24) is 5.43 Å². The molecule has 0 spiro atoms. The third kappa shape index (κ3) is 5.92. The van der Waals surface area contributed by atoms with Crippen molar-refractivity contribution in [3.63, 3.8) is 0 Å². The summed E-state index contributed by atoms with van der Waals surface area (Å²) in [7, 11) is 0. The number of nitrogens with one attached hydrogen (secondary N) is 1. The molecule has 2 aromatic rings. The third-order valence-corrected chi connectivity index (χ3v) is 7.32. The minimum absolute atomic E-state index is 0.147. The number of carbonyl (C=O) groups excluding carboxylic acids is 1. The molecule has 32 heavy (non-hydrogen) atoms. The Hall–Kier alpha value is -2.33. The molecular formula is C27H33ClN2O2. The standard InChI is InChI=1S/C27H33ClN2O2/c1-19-17-23(15-16-25(19)28)32-18-20-11-13-22(14-12-20)27(31)30-29-26-10-6-5-9-24(26)21-7-3-2-4-8-21/h11-17,21,24H,2-10,18H2,1H3,(H,30,31)/b29-26+. The monoisotopic (exact) mass is 452 g/mol. The van der Waals surface area contributed by atoms with Gasteiger partial charge in [0, 0.05) is 22.2 Å². The Balaban J connectivity index is 1.33. The van der Waals surface area contributed by atoms with E-state index in [-0.39, 0.29) is 5.91 Å². The van der Waals surface area contributed by atoms with E-state index < -0.39 is 0 Å². The highest BCUT2D eigenvalue weighted by Crippen LogP contribution is 2.36. The topological polar surface area (TPSA) is 50.7 Å². The lowest BCUT2D eigenvalue weighted by molar-refractivity contribution is 0.0954. The summed E-state index contributed by atoms with van der Waals surface area (Å²) in [5, 5.41) is 5.34. The lowest BCUT2D eigenvalue weighted by atomic mass is 9.72. The molecule has 2 saturated carbocycles. The fourth-order valence-corrected chi connectivity index (χ4v) is 5.14. The summed E-state index contributed by atoms with van der Waals surface area (Å²) in [4.78, 5) is 12.7. The van der Waals surface area contributed by atoms with Gasteiger partial charge >= 0.3 is 0 Å². The minimum atomic E-state index is -0.147. The molecule has 1 atom stereocenters. The first kappa shape index (κ1) is 22.8. The van der Waals surface area contributed by atoms with Gasteiger partial charge < -0.3 is 4.74 Å². The van der Waals surface area contributed by atoms with E-state index >= 15 is 0 Å². The first-order valence-corrected chi connectivity index (χ1v) is 12.3. The van der Waals surface area contributed by atoms with Gasteiger partial charge in [0.2, 0.25) is 0 Å². The summed E-state index contributed by atoms with van der Waals surface area (Å²) in [5.41, 5.74) is 6.65. The SMILES string of the molecule is Cc1cc(OCc2ccc(C(=O)N/N=C3\CCCCC3C3CCCCC3)cc2)ccc1Cl. The normalized spacial score (nSPS) is 20.8. The highest BCUT2D eigenvalue weighted by molar-refractivity contribution is 6.31. The van der Waals surface area contributed by atoms with Crippen LogP contribution in [-0.4, -0.2) is 11.6 Å². The molecule has 1 N–H and O–H groups in total. The van der Waals surface area contributed by atoms with Crippen LogP contribution in [-0.2, 0) is 6.61 Å². The number of halogens is 1. The second-order valence-electron chi connectivity index (χ2n) is 9.19. The fraction of sp³-hybridized carbons (Fsp3) is 0.481. The molecular weight excluding hydrogens is 420 g/mol. The molecule has 1 amide bonds. The van der Waals surface area contributed by atoms with Gasteiger partial charge in [-0.15, -0.1) is 0 Å². The number of ether oxygens (including phenoxy) is 1. The molecule has 0 heterocycles. The van der Waals surface area contributed by atoms with Crippen LogP contribution < -0.4 is 10.2 Å². The van der Waals surface area contributed by atoms with Crippen LogP contribution in [0.5, 0.6) is 5.75 Å². The summed E-state index contributed by atoms with van der Waals surface area (Å²) in [6.07, 6.45) is 11.4. The van der Waals surface area contributed by atoms with Gasteiger partial charge in [0.05, 0.1) is 0 Å². The molecule has 0 bridgehead atoms. The van der Waals surface area contributed by atoms with Crippen molar-refractivity contribution in [2.75, 3.05) is 0 Å². The van der Waals surface area contributed by atoms with Gasteiger partial charge in [0.15, 0.2) is 0 Å². The van der Waals surface area contributed by atoms with Crippen LogP contribution in [0.4, 0.5) is 0 Å². The second kappa shape index (κ2) is 11.0. The number of carbonyl (C=O) groups is 1. The Morgan fingerprint density at radius 1 is 1.03 bits per heavy atom. The lowest BCUT2D eigenvalue weighted by Gasteiger charge is -2.33. The zero-order valence-electron chi connectivity index (χ0n) is 18.9. The number of aryl methyl sites for hydroxylation is 1. The number of amides is 1. The van der Waals surface area contributed by atoms with Gasteiger partial charge in [0.1, 0.15) is 12.4 Å². The second-order valence-corrected chi connectivity index (χ2v) is 9.60. The molecule has 2 fully saturated rings. The van der Waals surface area contributed by atoms with Crippen LogP contribution in [0.3, 0.4) is 0 Å². The molecule has 2 aliphatic carbocycles. The van der Waals surface area contributed by atoms with Crippen molar-refractivity contribution in [3.05, 3.63) is 64.2 Å². The zero-order chi connectivity index (χ0) is 22.3. The maximum Gasteiger partial charge on any atom is 0.271 e. The summed E-state index contributed by atoms with van der Waals surface area (Å²) < 4.78 is 5.84. The van der Waals surface area contributed by atoms with E-state index in [1.54, 1.807) is 0 Å². The first-order valence-electron chi connectivity index (χ1n) is 11.9. The van der Waals surface area contributed by atoms with Gasteiger partial charge in [-0.25, -0.2) is 5.43 Å². The summed E-state index contributed by atoms with van der Waals surface area (Å²) in [5.74, 6) is 1.94. The highest BCUT2D eigenvalue weighted by atomic mass is 35.5. The van der Waals surface area contributed by atoms with E-state index in [1.165, 1.54) is 57.1 Å². The van der Waals surface area contributed by atoms with Crippen molar-refractivity contribution in [2.45, 2.75) is 71.3 Å². The average molecular weight is 453 g/mol. The number of hydrogen-bond donors (Lipinski definition) is 1. The van der Waals surface area contributed by atoms with E-state index in [4.69, 9.17) is 16.3 Å². The van der Waals surface area contributed by atoms with Gasteiger partial charge in [-0.1, -0.05) is 49.4 Å². The molecule has 0 radical (unpaired) electrons. The maximum atomic E-state index is 12.7. The van der Waals surface area contributed by atoms with Gasteiger partial charge in [0.25, 0.3) is 5.91 Å². The number of nitrogens with zero attached hydrogens (tertiary/aromatic N) is 1. The third-order valence-electron chi connectivity index (χ3n) is 6.90. The Morgan fingerprint density at radius 3 is 2.53 bits per heavy atom. The van der Waals surface area contributed by atoms with E-state index in [2.05, 4.69) is 10.5 Å². The van der Waals surface area contributed by atoms with Gasteiger partial charge in [-0.2, -0.15) is 5.10 Å². The summed E-state index contributed by atoms with van der Waals surface area (Å²) >= 11 is 6.06. The van der Waals surface area contributed by atoms with E-state index in [0.29, 0.717) is 18.1 Å². The number of rotatable bonds is 6. The lowest BCUT2D eigenvalue weighted by Crippen LogP contribution is -2.31. The van der Waals surface area contributed by atoms with Crippen molar-refractivity contribution < 1.29 is 9.53 Å². The van der Waals surface area contributed by atoms with E-state index in [0.717, 1.165) is 34.2 Å². The van der Waals surface area contributed by atoms with Crippen LogP contribution in [0.2, 0.25) is 5.02 Å². The number of benzene rings is 2. The first-order chi connectivity index (χ1) is 15.6. The predicted molar refractivity (Wildman–Crippen MR) is 130 cm³/mol. The minimum Gasteiger partial charge on any atom is -0.489 e. The molecule has 4 rings (SSSR count). The molecule has 5 heteroatoms. The predicted octanol–water partition coefficient (Wildman–Crippen LogP) is 7.08. The smallest absolute Gasteiger partial charge is 0.271 e. The van der Waals surface area contributed by atoms with Gasteiger partial charge in [-0.3, -0.25) is 4.79 Å². The van der Waals surface area contributed by atoms with Crippen molar-refractivity contribution >= 4 is 23.2 Å². The number of hydrogen-bond acceptors (Lipinski definition) is 3. The molecule has 1 unspecified atom stereocenters. The van der Waals surface area contributed by atoms with Crippen LogP contribution >= 0.6 is 11.6 Å². The van der Waals surface area contributed by atoms with Crippen molar-refractivity contribution in [3.8, 4) is 5.75 Å². The van der Waals surface area contributed by atoms with Crippen molar-refractivity contribution in [1.29, 1.82) is 0 Å². The van der Waals surface area contributed by atoms with Crippen LogP contribution in [0, 0.1) is 18.8 Å². The number of hydrazone groups is 1. The largest absolute Gasteiger partial charge is 0.489 e. The van der Waals surface area contributed by atoms with Gasteiger partial charge in [-0.05, 0) is 86.4 Å². The Bertz CT molecular complexity index is 949. The molecule has 2 aromatic carbocycles. The molecule has 0 aromatic heterocycles. The quantitative estimate of drug-likeness (QED) is 0.476. The molecule has 170 valence electrons. The molecule has 0 saturated heterocycles. The van der Waals surface area contributed by atoms with E-state index in [1.807, 2.05) is 49.4 Å². The van der Waals surface area contributed by atoms with Crippen LogP contribution in [0.1, 0.15) is 79.3 Å². The molecule has 4 nitrogen and oxygen atoms in total. The Labute approximate surface area is 196 Å². The van der Waals surface area contributed by atoms with Crippen LogP contribution in [0.15, 0.2) is 47.6 Å². The summed E-state index contributed by atoms with van der Waals surface area (Å²) in [6, 6.07) is 13.2. The van der Waals surface area contributed by atoms with Crippen molar-refractivity contribution in [2.24, 2.45) is 16.9 Å². The molecule has 2 aliphatic rings. The zero-order valence-corrected chi connectivity index (χ0v) is 19.7. The van der Waals surface area contributed by atoms with Crippen LogP contribution in [0.25, 0.3) is 0 Å². The fourth-order valence-electron chi connectivity index (χ4n) is 5.02. The summed E-state index contributed by atoms with van der Waals surface area (Å²) in [6.45, 7) is 2.39. The Morgan fingerprint density at radius 2 is 1.78 bits per heavy atom.